The molecule has 1 fully saturated rings. The van der Waals surface area contributed by atoms with Gasteiger partial charge in [-0.15, -0.1) is 0 Å². The number of carbonyl (C=O) groups is 3. The highest BCUT2D eigenvalue weighted by Crippen LogP contribution is 2.34. The summed E-state index contributed by atoms with van der Waals surface area (Å²) in [6, 6.07) is 0. The lowest BCUT2D eigenvalue weighted by Crippen LogP contribution is -2.45. The van der Waals surface area contributed by atoms with Crippen LogP contribution in [0.2, 0.25) is 0 Å². The number of carbonyl (C=O) groups excluding carboxylic acids is 3. The highest BCUT2D eigenvalue weighted by atomic mass is 16.6. The van der Waals surface area contributed by atoms with E-state index in [1.165, 1.54) is 33.1 Å². The van der Waals surface area contributed by atoms with E-state index in [4.69, 9.17) is 4.74 Å². The number of unbranched alkanes of at least 4 members (excludes halogenated alkanes) is 7. The molecule has 0 aliphatic heterocycles. The van der Waals surface area contributed by atoms with Crippen molar-refractivity contribution >= 4 is 17.5 Å². The lowest BCUT2D eigenvalue weighted by molar-refractivity contribution is -0.175. The fourth-order valence-electron chi connectivity index (χ4n) is 4.66. The van der Waals surface area contributed by atoms with Crippen LogP contribution in [0.25, 0.3) is 0 Å². The van der Waals surface area contributed by atoms with Crippen LogP contribution in [0.4, 0.5) is 0 Å². The molecule has 0 saturated heterocycles. The molecule has 2 atom stereocenters. The molecule has 0 amide bonds. The molecule has 0 radical (unpaired) electrons. The maximum Gasteiger partial charge on any atom is 0.317 e. The van der Waals surface area contributed by atoms with Crippen LogP contribution in [0.15, 0.2) is 12.2 Å². The molecule has 0 aromatic carbocycles. The summed E-state index contributed by atoms with van der Waals surface area (Å²) in [4.78, 5) is 37.0. The van der Waals surface area contributed by atoms with Crippen molar-refractivity contribution in [2.75, 3.05) is 0 Å². The average Bonchev–Trinajstić information content (AvgIpc) is 2.78. The summed E-state index contributed by atoms with van der Waals surface area (Å²) in [6.07, 6.45) is 19.7. The first-order chi connectivity index (χ1) is 15.8. The Bertz CT molecular complexity index is 603. The lowest BCUT2D eigenvalue weighted by Gasteiger charge is -2.35. The molecule has 190 valence electrons. The van der Waals surface area contributed by atoms with Crippen molar-refractivity contribution in [2.45, 2.75) is 142 Å². The van der Waals surface area contributed by atoms with Crippen LogP contribution >= 0.6 is 0 Å². The number of Topliss-reactive ketones (excluding diaryl/α,β-unsaturated/α-hetero) is 2. The maximum absolute atomic E-state index is 12.7. The molecule has 5 heteroatoms. The Labute approximate surface area is 201 Å². The van der Waals surface area contributed by atoms with Gasteiger partial charge < -0.3 is 9.84 Å². The second kappa shape index (κ2) is 17.0. The van der Waals surface area contributed by atoms with Gasteiger partial charge in [0.1, 0.15) is 11.7 Å². The third-order valence-electron chi connectivity index (χ3n) is 6.95. The minimum Gasteiger partial charge on any atom is -0.451 e. The van der Waals surface area contributed by atoms with Crippen molar-refractivity contribution in [1.29, 1.82) is 0 Å². The Morgan fingerprint density at radius 2 is 1.52 bits per heavy atom. The largest absolute Gasteiger partial charge is 0.451 e. The summed E-state index contributed by atoms with van der Waals surface area (Å²) in [6.45, 7) is 5.12. The minimum absolute atomic E-state index is 0.102. The van der Waals surface area contributed by atoms with Crippen LogP contribution in [0.1, 0.15) is 130 Å². The molecule has 0 spiro atoms. The van der Waals surface area contributed by atoms with Crippen molar-refractivity contribution in [3.63, 3.8) is 0 Å². The van der Waals surface area contributed by atoms with Gasteiger partial charge in [0.25, 0.3) is 0 Å². The Balaban J connectivity index is 2.24. The second-order valence-corrected chi connectivity index (χ2v) is 9.90. The van der Waals surface area contributed by atoms with Gasteiger partial charge in [-0.3, -0.25) is 14.4 Å². The lowest BCUT2D eigenvalue weighted by atomic mass is 9.81. The van der Waals surface area contributed by atoms with Crippen LogP contribution in [0, 0.1) is 5.92 Å². The predicted molar refractivity (Wildman–Crippen MR) is 133 cm³/mol. The van der Waals surface area contributed by atoms with E-state index in [-0.39, 0.29) is 17.7 Å². The standard InChI is InChI=1S/C28H48O5/c1-4-5-6-13-18-25(31)19-14-10-8-7-9-11-15-20-26(23(2)29)27(32)33-28(24(3)30)21-16-12-17-22-28/h10,14,25-26,31H,4-9,11-13,15-22H2,1-3H3/b14-10-/t25-,26?/m1/s1. The molecule has 0 aromatic rings. The summed E-state index contributed by atoms with van der Waals surface area (Å²) >= 11 is 0. The summed E-state index contributed by atoms with van der Waals surface area (Å²) < 4.78 is 5.70. The van der Waals surface area contributed by atoms with Crippen molar-refractivity contribution in [3.8, 4) is 0 Å². The number of hydrogen-bond donors (Lipinski definition) is 1. The number of ether oxygens (including phenoxy) is 1. The molecular weight excluding hydrogens is 416 g/mol. The first kappa shape index (κ1) is 29.5. The average molecular weight is 465 g/mol. The van der Waals surface area contributed by atoms with Gasteiger partial charge in [0.2, 0.25) is 0 Å². The molecule has 33 heavy (non-hydrogen) atoms. The highest BCUT2D eigenvalue weighted by molar-refractivity contribution is 5.99. The Hall–Kier alpha value is -1.49. The van der Waals surface area contributed by atoms with Gasteiger partial charge in [0.05, 0.1) is 6.10 Å². The van der Waals surface area contributed by atoms with Crippen molar-refractivity contribution in [3.05, 3.63) is 12.2 Å². The molecule has 1 rings (SSSR count). The maximum atomic E-state index is 12.7. The van der Waals surface area contributed by atoms with E-state index in [0.717, 1.165) is 70.6 Å². The quantitative estimate of drug-likeness (QED) is 0.106. The van der Waals surface area contributed by atoms with E-state index in [0.29, 0.717) is 19.3 Å². The molecule has 5 nitrogen and oxygen atoms in total. The Kier molecular flexibility index (Phi) is 15.2. The Morgan fingerprint density at radius 1 is 0.879 bits per heavy atom. The van der Waals surface area contributed by atoms with Crippen LogP contribution in [-0.4, -0.2) is 34.3 Å². The van der Waals surface area contributed by atoms with Crippen LogP contribution < -0.4 is 0 Å². The predicted octanol–water partition coefficient (Wildman–Crippen LogP) is 6.64. The number of hydrogen-bond acceptors (Lipinski definition) is 5. The zero-order valence-corrected chi connectivity index (χ0v) is 21.4. The summed E-state index contributed by atoms with van der Waals surface area (Å²) in [7, 11) is 0. The molecule has 1 N–H and O–H groups in total. The van der Waals surface area contributed by atoms with E-state index in [1.54, 1.807) is 0 Å². The molecular formula is C28H48O5. The van der Waals surface area contributed by atoms with Crippen molar-refractivity contribution in [2.24, 2.45) is 5.92 Å². The van der Waals surface area contributed by atoms with Crippen LogP contribution in [0.5, 0.6) is 0 Å². The number of esters is 1. The minimum atomic E-state index is -1.02. The van der Waals surface area contributed by atoms with Gasteiger partial charge in [0, 0.05) is 0 Å². The fraction of sp³-hybridized carbons (Fsp3) is 0.821. The van der Waals surface area contributed by atoms with E-state index in [9.17, 15) is 19.5 Å². The molecule has 1 aliphatic rings. The third-order valence-corrected chi connectivity index (χ3v) is 6.95. The van der Waals surface area contributed by atoms with Gasteiger partial charge in [-0.1, -0.05) is 70.4 Å². The van der Waals surface area contributed by atoms with E-state index < -0.39 is 17.5 Å². The fourth-order valence-corrected chi connectivity index (χ4v) is 4.66. The number of aliphatic hydroxyl groups is 1. The first-order valence-corrected chi connectivity index (χ1v) is 13.4. The second-order valence-electron chi connectivity index (χ2n) is 9.90. The topological polar surface area (TPSA) is 80.7 Å². The third kappa shape index (κ3) is 12.0. The van der Waals surface area contributed by atoms with Crippen LogP contribution in [0.3, 0.4) is 0 Å². The molecule has 1 aliphatic carbocycles. The van der Waals surface area contributed by atoms with Crippen molar-refractivity contribution < 1.29 is 24.2 Å². The van der Waals surface area contributed by atoms with E-state index in [2.05, 4.69) is 19.1 Å². The summed E-state index contributed by atoms with van der Waals surface area (Å²) in [5.41, 5.74) is -1.02. The SMILES string of the molecule is CCCCCC[C@@H](O)C/C=C\CCCCCCC(C(C)=O)C(=O)OC1(C(C)=O)CCCCC1. The molecule has 0 bridgehead atoms. The smallest absolute Gasteiger partial charge is 0.317 e. The normalized spacial score (nSPS) is 17.6. The zero-order chi connectivity index (χ0) is 24.5. The molecule has 1 unspecified atom stereocenters. The molecule has 0 aromatic heterocycles. The van der Waals surface area contributed by atoms with E-state index in [1.807, 2.05) is 0 Å². The monoisotopic (exact) mass is 464 g/mol. The van der Waals surface area contributed by atoms with Gasteiger partial charge >= 0.3 is 5.97 Å². The number of ketones is 2. The van der Waals surface area contributed by atoms with Gasteiger partial charge in [0.15, 0.2) is 11.4 Å². The summed E-state index contributed by atoms with van der Waals surface area (Å²) in [5.74, 6) is -1.56. The van der Waals surface area contributed by atoms with Gasteiger partial charge in [-0.2, -0.15) is 0 Å². The molecule has 0 heterocycles. The molecule has 1 saturated carbocycles. The van der Waals surface area contributed by atoms with Gasteiger partial charge in [-0.05, 0) is 71.6 Å². The number of aliphatic hydroxyl groups excluding tert-OH is 1. The van der Waals surface area contributed by atoms with Gasteiger partial charge in [-0.25, -0.2) is 0 Å². The first-order valence-electron chi connectivity index (χ1n) is 13.4. The summed E-state index contributed by atoms with van der Waals surface area (Å²) in [5, 5.41) is 9.98. The zero-order valence-electron chi connectivity index (χ0n) is 21.4. The van der Waals surface area contributed by atoms with Crippen LogP contribution in [-0.2, 0) is 19.1 Å². The number of rotatable bonds is 18. The van der Waals surface area contributed by atoms with E-state index >= 15 is 0 Å². The Morgan fingerprint density at radius 3 is 2.15 bits per heavy atom. The number of allylic oxidation sites excluding steroid dienone is 1. The highest BCUT2D eigenvalue weighted by Gasteiger charge is 2.42. The van der Waals surface area contributed by atoms with Crippen molar-refractivity contribution in [1.82, 2.24) is 0 Å².